The Bertz CT molecular complexity index is 1510. The molecule has 3 aromatic carbocycles. The summed E-state index contributed by atoms with van der Waals surface area (Å²) < 4.78 is 0. The Labute approximate surface area is 278 Å². The van der Waals surface area contributed by atoms with E-state index in [1.807, 2.05) is 30.3 Å². The molecule has 0 spiro atoms. The molecule has 44 heavy (non-hydrogen) atoms. The van der Waals surface area contributed by atoms with Crippen LogP contribution in [0.25, 0.3) is 12.2 Å². The molecule has 1 fully saturated rings. The molecule has 1 unspecified atom stereocenters. The van der Waals surface area contributed by atoms with E-state index in [0.29, 0.717) is 55.2 Å². The van der Waals surface area contributed by atoms with Crippen molar-refractivity contribution in [2.45, 2.75) is 39.0 Å². The maximum absolute atomic E-state index is 14.5. The first-order valence-electron chi connectivity index (χ1n) is 14.5. The molecule has 0 aliphatic carbocycles. The first-order chi connectivity index (χ1) is 21.1. The zero-order chi connectivity index (χ0) is 31.8. The summed E-state index contributed by atoms with van der Waals surface area (Å²) in [4.78, 5) is 42.7. The van der Waals surface area contributed by atoms with Gasteiger partial charge in [0.2, 0.25) is 11.8 Å². The predicted molar refractivity (Wildman–Crippen MR) is 181 cm³/mol. The molecule has 230 valence electrons. The fourth-order valence-corrected chi connectivity index (χ4v) is 6.08. The minimum Gasteiger partial charge on any atom is -0.369 e. The predicted octanol–water partition coefficient (Wildman–Crippen LogP) is 8.72. The minimum atomic E-state index is -0.697. The van der Waals surface area contributed by atoms with Crippen molar-refractivity contribution >= 4 is 76.2 Å². The monoisotopic (exact) mass is 670 g/mol. The topological polar surface area (TPSA) is 80.5 Å². The molecule has 2 N–H and O–H groups in total. The Morgan fingerprint density at radius 3 is 1.82 bits per heavy atom. The van der Waals surface area contributed by atoms with E-state index in [1.54, 1.807) is 53.5 Å². The van der Waals surface area contributed by atoms with E-state index in [9.17, 15) is 14.4 Å². The van der Waals surface area contributed by atoms with Crippen LogP contribution in [-0.4, -0.2) is 35.6 Å². The average Bonchev–Trinajstić information content (AvgIpc) is 3.00. The number of piperidine rings is 1. The summed E-state index contributed by atoms with van der Waals surface area (Å²) in [5.41, 5.74) is 9.00. The highest BCUT2D eigenvalue weighted by atomic mass is 35.5. The molecule has 0 saturated carbocycles. The average molecular weight is 672 g/mol. The highest BCUT2D eigenvalue weighted by Crippen LogP contribution is 2.31. The van der Waals surface area contributed by atoms with Crippen LogP contribution < -0.4 is 5.73 Å². The Hall–Kier alpha value is -3.09. The lowest BCUT2D eigenvalue weighted by Gasteiger charge is -2.35. The standard InChI is InChI=1S/C35H34Cl4N2O3/c1-2-3-5-10-27(34(40)43)28(17-22-8-6-4-7-9-22)35(44)41-20-25(15-23-11-13-29(36)31(38)18-23)33(42)26(21-41)16-24-12-14-30(37)32(39)19-24/h4,6-9,11-16,18-19,27-28H,2-3,5,10,17,20-21H2,1H3,(H2,40,43)/b25-15+,26-16+/t27?,28-/m0/s1. The van der Waals surface area contributed by atoms with Gasteiger partial charge in [-0.2, -0.15) is 0 Å². The molecule has 0 bridgehead atoms. The second-order valence-corrected chi connectivity index (χ2v) is 12.6. The number of hydrogen-bond acceptors (Lipinski definition) is 3. The van der Waals surface area contributed by atoms with Crippen LogP contribution in [0.2, 0.25) is 20.1 Å². The third kappa shape index (κ3) is 8.76. The molecular weight excluding hydrogens is 638 g/mol. The zero-order valence-electron chi connectivity index (χ0n) is 24.4. The molecule has 2 atom stereocenters. The Morgan fingerprint density at radius 1 is 0.795 bits per heavy atom. The van der Waals surface area contributed by atoms with Crippen molar-refractivity contribution in [3.05, 3.63) is 115 Å². The van der Waals surface area contributed by atoms with Crippen molar-refractivity contribution in [3.63, 3.8) is 0 Å². The Morgan fingerprint density at radius 2 is 1.34 bits per heavy atom. The van der Waals surface area contributed by atoms with Crippen molar-refractivity contribution in [2.75, 3.05) is 13.1 Å². The van der Waals surface area contributed by atoms with Crippen LogP contribution in [0.4, 0.5) is 0 Å². The smallest absolute Gasteiger partial charge is 0.227 e. The Kier molecular flexibility index (Phi) is 12.1. The van der Waals surface area contributed by atoms with Gasteiger partial charge in [-0.3, -0.25) is 14.4 Å². The van der Waals surface area contributed by atoms with Crippen LogP contribution in [-0.2, 0) is 20.8 Å². The summed E-state index contributed by atoms with van der Waals surface area (Å²) in [6.07, 6.45) is 6.98. The van der Waals surface area contributed by atoms with E-state index >= 15 is 0 Å². The van der Waals surface area contributed by atoms with Crippen LogP contribution in [0, 0.1) is 11.8 Å². The summed E-state index contributed by atoms with van der Waals surface area (Å²) in [6.45, 7) is 2.20. The number of Topliss-reactive ketones (excluding diaryl/α,β-unsaturated/α-hetero) is 1. The van der Waals surface area contributed by atoms with Crippen LogP contribution in [0.1, 0.15) is 49.3 Å². The van der Waals surface area contributed by atoms with Gasteiger partial charge in [-0.1, -0.05) is 115 Å². The van der Waals surface area contributed by atoms with E-state index in [2.05, 4.69) is 6.92 Å². The highest BCUT2D eigenvalue weighted by molar-refractivity contribution is 6.42. The number of nitrogens with two attached hydrogens (primary N) is 1. The fourth-order valence-electron chi connectivity index (χ4n) is 5.46. The van der Waals surface area contributed by atoms with Crippen LogP contribution in [0.5, 0.6) is 0 Å². The number of carbonyl (C=O) groups excluding carboxylic acids is 3. The number of carbonyl (C=O) groups is 3. The van der Waals surface area contributed by atoms with Crippen molar-refractivity contribution in [1.82, 2.24) is 4.90 Å². The van der Waals surface area contributed by atoms with Crippen molar-refractivity contribution in [1.29, 1.82) is 0 Å². The normalized spacial score (nSPS) is 16.8. The molecule has 0 aromatic heterocycles. The maximum Gasteiger partial charge on any atom is 0.227 e. The molecule has 9 heteroatoms. The third-order valence-electron chi connectivity index (χ3n) is 7.77. The van der Waals surface area contributed by atoms with Gasteiger partial charge in [0.25, 0.3) is 0 Å². The van der Waals surface area contributed by atoms with E-state index in [0.717, 1.165) is 24.8 Å². The van der Waals surface area contributed by atoms with Crippen molar-refractivity contribution in [3.8, 4) is 0 Å². The summed E-state index contributed by atoms with van der Waals surface area (Å²) >= 11 is 24.7. The molecule has 5 nitrogen and oxygen atoms in total. The van der Waals surface area contributed by atoms with E-state index in [4.69, 9.17) is 52.1 Å². The van der Waals surface area contributed by atoms with Crippen molar-refractivity contribution < 1.29 is 14.4 Å². The van der Waals surface area contributed by atoms with Gasteiger partial charge in [-0.25, -0.2) is 0 Å². The molecule has 1 heterocycles. The largest absolute Gasteiger partial charge is 0.369 e. The number of benzene rings is 3. The second kappa shape index (κ2) is 15.8. The van der Waals surface area contributed by atoms with Gasteiger partial charge >= 0.3 is 0 Å². The first kappa shape index (κ1) is 33.8. The van der Waals surface area contributed by atoms with Gasteiger partial charge in [0.15, 0.2) is 5.78 Å². The lowest BCUT2D eigenvalue weighted by Crippen LogP contribution is -2.48. The van der Waals surface area contributed by atoms with Crippen LogP contribution in [0.15, 0.2) is 77.9 Å². The SMILES string of the molecule is CCCCCC(C(N)=O)[C@H](Cc1ccccc1)C(=O)N1C/C(=C\c2ccc(Cl)c(Cl)c2)C(=O)/C(=C/c2ccc(Cl)c(Cl)c2)C1. The van der Waals surface area contributed by atoms with Crippen LogP contribution >= 0.6 is 46.4 Å². The molecule has 2 amide bonds. The number of unbranched alkanes of at least 4 members (excludes halogenated alkanes) is 2. The number of nitrogens with zero attached hydrogens (tertiary/aromatic N) is 1. The molecule has 1 aliphatic heterocycles. The van der Waals surface area contributed by atoms with E-state index in [-0.39, 0.29) is 24.8 Å². The molecule has 3 aromatic rings. The molecule has 0 radical (unpaired) electrons. The number of rotatable bonds is 11. The summed E-state index contributed by atoms with van der Waals surface area (Å²) in [7, 11) is 0. The summed E-state index contributed by atoms with van der Waals surface area (Å²) in [5, 5.41) is 1.49. The number of likely N-dealkylation sites (tertiary alicyclic amines) is 1. The molecule has 1 saturated heterocycles. The lowest BCUT2D eigenvalue weighted by atomic mass is 9.81. The van der Waals surface area contributed by atoms with E-state index < -0.39 is 17.7 Å². The van der Waals surface area contributed by atoms with Gasteiger partial charge in [0, 0.05) is 30.2 Å². The third-order valence-corrected chi connectivity index (χ3v) is 9.25. The van der Waals surface area contributed by atoms with Crippen molar-refractivity contribution in [2.24, 2.45) is 17.6 Å². The number of ketones is 1. The molecule has 1 aliphatic rings. The number of amides is 2. The number of halogens is 4. The van der Waals surface area contributed by atoms with E-state index in [1.165, 1.54) is 0 Å². The Balaban J connectivity index is 1.77. The minimum absolute atomic E-state index is 0.0579. The summed E-state index contributed by atoms with van der Waals surface area (Å²) in [5.74, 6) is -2.29. The van der Waals surface area contributed by atoms with Gasteiger partial charge in [-0.15, -0.1) is 0 Å². The van der Waals surface area contributed by atoms with Gasteiger partial charge < -0.3 is 10.6 Å². The highest BCUT2D eigenvalue weighted by Gasteiger charge is 2.38. The number of hydrogen-bond donors (Lipinski definition) is 1. The van der Waals surface area contributed by atoms with Gasteiger partial charge in [0.05, 0.1) is 26.0 Å². The van der Waals surface area contributed by atoms with Gasteiger partial charge in [0.1, 0.15) is 0 Å². The zero-order valence-corrected chi connectivity index (χ0v) is 27.4. The first-order valence-corrected chi connectivity index (χ1v) is 16.1. The molecular formula is C35H34Cl4N2O3. The quantitative estimate of drug-likeness (QED) is 0.164. The second-order valence-electron chi connectivity index (χ2n) is 11.0. The lowest BCUT2D eigenvalue weighted by molar-refractivity contribution is -0.141. The summed E-state index contributed by atoms with van der Waals surface area (Å²) in [6, 6.07) is 19.8. The van der Waals surface area contributed by atoms with Gasteiger partial charge in [-0.05, 0) is 65.9 Å². The fraction of sp³-hybridized carbons (Fsp3) is 0.286. The maximum atomic E-state index is 14.5. The van der Waals surface area contributed by atoms with Crippen LogP contribution in [0.3, 0.4) is 0 Å². The molecule has 4 rings (SSSR count). The number of primary amides is 1.